The van der Waals surface area contributed by atoms with Crippen LogP contribution in [0.3, 0.4) is 0 Å². The average Bonchev–Trinajstić information content (AvgIpc) is 3.17. The van der Waals surface area contributed by atoms with Crippen molar-refractivity contribution in [2.45, 2.75) is 51.5 Å². The topological polar surface area (TPSA) is 66.4 Å². The van der Waals surface area contributed by atoms with Gasteiger partial charge in [0.2, 0.25) is 0 Å². The Kier molecular flexibility index (Phi) is 10.3. The summed E-state index contributed by atoms with van der Waals surface area (Å²) in [5, 5.41) is 11.8. The van der Waals surface area contributed by atoms with Gasteiger partial charge in [0.25, 0.3) is 0 Å². The normalized spacial score (nSPS) is 16.5. The van der Waals surface area contributed by atoms with Crippen molar-refractivity contribution in [3.05, 3.63) is 185 Å². The quantitative estimate of drug-likeness (QED) is 0.133. The van der Waals surface area contributed by atoms with Crippen LogP contribution in [0.5, 0.6) is 28.7 Å². The zero-order valence-electron chi connectivity index (χ0n) is 28.0. The van der Waals surface area contributed by atoms with Crippen LogP contribution in [0.4, 0.5) is 0 Å². The van der Waals surface area contributed by atoms with E-state index in [9.17, 15) is 5.11 Å². The zero-order valence-corrected chi connectivity index (χ0v) is 28.0. The molecule has 3 atom stereocenters. The first kappa shape index (κ1) is 32.8. The van der Waals surface area contributed by atoms with Crippen LogP contribution >= 0.6 is 0 Å². The summed E-state index contributed by atoms with van der Waals surface area (Å²) in [7, 11) is 0. The summed E-state index contributed by atoms with van der Waals surface area (Å²) in [4.78, 5) is 0. The highest BCUT2D eigenvalue weighted by Crippen LogP contribution is 2.49. The lowest BCUT2D eigenvalue weighted by atomic mass is 9.85. The number of fused-ring (bicyclic) bond motifs is 1. The molecule has 0 spiro atoms. The molecule has 0 aromatic heterocycles. The van der Waals surface area contributed by atoms with Crippen molar-refractivity contribution >= 4 is 0 Å². The van der Waals surface area contributed by atoms with Crippen molar-refractivity contribution in [3.63, 3.8) is 0 Å². The van der Waals surface area contributed by atoms with Gasteiger partial charge in [-0.05, 0) is 39.9 Å². The maximum absolute atomic E-state index is 11.8. The number of rotatable bonds is 13. The summed E-state index contributed by atoms with van der Waals surface area (Å²) in [5.74, 6) is 2.73. The highest BCUT2D eigenvalue weighted by molar-refractivity contribution is 5.55. The van der Waals surface area contributed by atoms with Gasteiger partial charge in [-0.2, -0.15) is 0 Å². The molecule has 6 nitrogen and oxygen atoms in total. The van der Waals surface area contributed by atoms with Crippen LogP contribution in [0.2, 0.25) is 0 Å². The second-order valence-corrected chi connectivity index (χ2v) is 12.5. The smallest absolute Gasteiger partial charge is 0.162 e. The van der Waals surface area contributed by atoms with Gasteiger partial charge in [-0.1, -0.05) is 134 Å². The van der Waals surface area contributed by atoms with E-state index in [1.807, 2.05) is 159 Å². The molecular formula is C44H40O6. The molecule has 1 heterocycles. The third-order valence-corrected chi connectivity index (χ3v) is 8.87. The fraction of sp³-hybridized carbons (Fsp3) is 0.182. The molecule has 0 amide bonds. The number of hydrogen-bond donors (Lipinski definition) is 1. The van der Waals surface area contributed by atoms with Crippen LogP contribution in [-0.4, -0.2) is 11.2 Å². The third-order valence-electron chi connectivity index (χ3n) is 8.87. The van der Waals surface area contributed by atoms with Gasteiger partial charge in [0.15, 0.2) is 17.6 Å². The Balaban J connectivity index is 1.19. The van der Waals surface area contributed by atoms with Crippen molar-refractivity contribution in [1.82, 2.24) is 0 Å². The second kappa shape index (κ2) is 15.7. The van der Waals surface area contributed by atoms with Gasteiger partial charge in [0.05, 0.1) is 0 Å². The molecule has 3 unspecified atom stereocenters. The molecular weight excluding hydrogens is 624 g/mol. The standard InChI is InChI=1S/C44H40O6/c1-31-42-40(49-30-35-20-12-5-13-21-35)25-37(46-27-32-14-6-2-7-15-32)26-41(42)50-44(43(31)45)36-22-23-38(47-28-33-16-8-3-9-17-33)39(24-36)48-29-34-18-10-4-11-19-34/h2-26,31,43-45H,27-30H2,1H3. The summed E-state index contributed by atoms with van der Waals surface area (Å²) in [6.45, 7) is 3.53. The van der Waals surface area contributed by atoms with Crippen LogP contribution < -0.4 is 23.7 Å². The van der Waals surface area contributed by atoms with E-state index >= 15 is 0 Å². The first-order chi connectivity index (χ1) is 24.6. The van der Waals surface area contributed by atoms with Crippen molar-refractivity contribution < 1.29 is 28.8 Å². The Morgan fingerprint density at radius 2 is 0.960 bits per heavy atom. The summed E-state index contributed by atoms with van der Waals surface area (Å²) in [6.07, 6.45) is -1.54. The predicted molar refractivity (Wildman–Crippen MR) is 194 cm³/mol. The van der Waals surface area contributed by atoms with Crippen molar-refractivity contribution in [3.8, 4) is 28.7 Å². The van der Waals surface area contributed by atoms with Crippen molar-refractivity contribution in [2.75, 3.05) is 0 Å². The lowest BCUT2D eigenvalue weighted by Crippen LogP contribution is -2.33. The Morgan fingerprint density at radius 1 is 0.500 bits per heavy atom. The molecule has 0 aliphatic carbocycles. The SMILES string of the molecule is CC1c2c(OCc3ccccc3)cc(OCc3ccccc3)cc2OC(c2ccc(OCc3ccccc3)c(OCc3ccccc3)c2)C1O. The van der Waals surface area contributed by atoms with E-state index in [-0.39, 0.29) is 5.92 Å². The first-order valence-electron chi connectivity index (χ1n) is 16.9. The number of aliphatic hydroxyl groups excluding tert-OH is 1. The van der Waals surface area contributed by atoms with E-state index in [0.29, 0.717) is 55.2 Å². The molecule has 1 N–H and O–H groups in total. The van der Waals surface area contributed by atoms with Gasteiger partial charge in [-0.25, -0.2) is 0 Å². The molecule has 0 fully saturated rings. The van der Waals surface area contributed by atoms with E-state index in [4.69, 9.17) is 23.7 Å². The molecule has 252 valence electrons. The second-order valence-electron chi connectivity index (χ2n) is 12.5. The maximum atomic E-state index is 11.8. The zero-order chi connectivity index (χ0) is 34.1. The van der Waals surface area contributed by atoms with E-state index in [0.717, 1.165) is 33.4 Å². The molecule has 6 heteroatoms. The summed E-state index contributed by atoms with van der Waals surface area (Å²) in [6, 6.07) is 49.6. The van der Waals surface area contributed by atoms with Gasteiger partial charge >= 0.3 is 0 Å². The molecule has 6 aromatic carbocycles. The Hall–Kier alpha value is -5.72. The van der Waals surface area contributed by atoms with E-state index in [1.54, 1.807) is 0 Å². The molecule has 7 rings (SSSR count). The highest BCUT2D eigenvalue weighted by atomic mass is 16.5. The molecule has 0 radical (unpaired) electrons. The van der Waals surface area contributed by atoms with E-state index in [2.05, 4.69) is 0 Å². The number of benzene rings is 6. The molecule has 0 bridgehead atoms. The molecule has 0 saturated carbocycles. The van der Waals surface area contributed by atoms with E-state index < -0.39 is 12.2 Å². The number of aliphatic hydroxyl groups is 1. The van der Waals surface area contributed by atoms with E-state index in [1.165, 1.54) is 0 Å². The molecule has 1 aliphatic rings. The fourth-order valence-electron chi connectivity index (χ4n) is 6.11. The first-order valence-corrected chi connectivity index (χ1v) is 16.9. The van der Waals surface area contributed by atoms with Gasteiger partial charge in [0.1, 0.15) is 49.8 Å². The fourth-order valence-corrected chi connectivity index (χ4v) is 6.11. The molecule has 0 saturated heterocycles. The highest BCUT2D eigenvalue weighted by Gasteiger charge is 2.38. The lowest BCUT2D eigenvalue weighted by molar-refractivity contribution is 0.00221. The summed E-state index contributed by atoms with van der Waals surface area (Å²) >= 11 is 0. The third kappa shape index (κ3) is 7.94. The lowest BCUT2D eigenvalue weighted by Gasteiger charge is -2.36. The Labute approximate surface area is 293 Å². The van der Waals surface area contributed by atoms with Gasteiger partial charge in [0, 0.05) is 23.6 Å². The van der Waals surface area contributed by atoms with Crippen LogP contribution in [0.1, 0.15) is 52.3 Å². The summed E-state index contributed by atoms with van der Waals surface area (Å²) < 4.78 is 32.0. The van der Waals surface area contributed by atoms with Crippen molar-refractivity contribution in [1.29, 1.82) is 0 Å². The predicted octanol–water partition coefficient (Wildman–Crippen LogP) is 9.60. The minimum atomic E-state index is -0.865. The molecule has 1 aliphatic heterocycles. The monoisotopic (exact) mass is 664 g/mol. The largest absolute Gasteiger partial charge is 0.489 e. The maximum Gasteiger partial charge on any atom is 0.162 e. The van der Waals surface area contributed by atoms with Crippen LogP contribution in [0.15, 0.2) is 152 Å². The Bertz CT molecular complexity index is 1970. The van der Waals surface area contributed by atoms with Crippen LogP contribution in [-0.2, 0) is 26.4 Å². The van der Waals surface area contributed by atoms with Crippen molar-refractivity contribution in [2.24, 2.45) is 0 Å². The molecule has 50 heavy (non-hydrogen) atoms. The minimum absolute atomic E-state index is 0.305. The number of ether oxygens (including phenoxy) is 5. The minimum Gasteiger partial charge on any atom is -0.489 e. The average molecular weight is 665 g/mol. The number of hydrogen-bond acceptors (Lipinski definition) is 6. The van der Waals surface area contributed by atoms with Gasteiger partial charge < -0.3 is 28.8 Å². The Morgan fingerprint density at radius 3 is 1.48 bits per heavy atom. The van der Waals surface area contributed by atoms with Crippen LogP contribution in [0, 0.1) is 0 Å². The molecule has 6 aromatic rings. The van der Waals surface area contributed by atoms with Crippen LogP contribution in [0.25, 0.3) is 0 Å². The van der Waals surface area contributed by atoms with Gasteiger partial charge in [-0.3, -0.25) is 0 Å². The van der Waals surface area contributed by atoms with Gasteiger partial charge in [-0.15, -0.1) is 0 Å². The summed E-state index contributed by atoms with van der Waals surface area (Å²) in [5.41, 5.74) is 5.76.